The Morgan fingerprint density at radius 3 is 2.00 bits per heavy atom. The van der Waals surface area contributed by atoms with E-state index in [1.54, 1.807) is 0 Å². The van der Waals surface area contributed by atoms with E-state index in [1.165, 1.54) is 49.9 Å². The fourth-order valence-electron chi connectivity index (χ4n) is 1.90. The summed E-state index contributed by atoms with van der Waals surface area (Å²) in [5, 5.41) is 0. The Balaban J connectivity index is 3.96. The van der Waals surface area contributed by atoms with Crippen LogP contribution in [0.25, 0.3) is 0 Å². The van der Waals surface area contributed by atoms with Crippen LogP contribution in [-0.4, -0.2) is 24.5 Å². The highest BCUT2D eigenvalue weighted by atomic mass is 15.1. The first-order chi connectivity index (χ1) is 8.10. The number of rotatable bonds is 9. The molecule has 0 amide bonds. The zero-order chi connectivity index (χ0) is 13.1. The smallest absolute Gasteiger partial charge is 0.0165 e. The topological polar surface area (TPSA) is 3.24 Å². The SMILES string of the molecule is CCCN(C/C=C(\C)CCC=C(C)C)CCC. The molecule has 0 heterocycles. The minimum Gasteiger partial charge on any atom is -0.300 e. The van der Waals surface area contributed by atoms with Gasteiger partial charge in [-0.3, -0.25) is 4.90 Å². The molecule has 0 aromatic heterocycles. The summed E-state index contributed by atoms with van der Waals surface area (Å²) in [6, 6.07) is 0. The van der Waals surface area contributed by atoms with E-state index in [2.05, 4.69) is 51.7 Å². The van der Waals surface area contributed by atoms with Gasteiger partial charge in [0.2, 0.25) is 0 Å². The van der Waals surface area contributed by atoms with Crippen molar-refractivity contribution in [2.24, 2.45) is 0 Å². The van der Waals surface area contributed by atoms with E-state index in [1.807, 2.05) is 0 Å². The molecule has 0 aromatic carbocycles. The third-order valence-electron chi connectivity index (χ3n) is 2.87. The van der Waals surface area contributed by atoms with Crippen molar-refractivity contribution in [2.45, 2.75) is 60.3 Å². The molecule has 0 spiro atoms. The molecule has 0 saturated carbocycles. The first kappa shape index (κ1) is 16.4. The van der Waals surface area contributed by atoms with Crippen LogP contribution in [0.15, 0.2) is 23.3 Å². The minimum absolute atomic E-state index is 1.13. The second-order valence-corrected chi connectivity index (χ2v) is 5.17. The third-order valence-corrected chi connectivity index (χ3v) is 2.87. The van der Waals surface area contributed by atoms with Crippen LogP contribution < -0.4 is 0 Å². The Morgan fingerprint density at radius 2 is 1.53 bits per heavy atom. The van der Waals surface area contributed by atoms with Crippen LogP contribution in [0.3, 0.4) is 0 Å². The van der Waals surface area contributed by atoms with Crippen molar-refractivity contribution in [1.29, 1.82) is 0 Å². The van der Waals surface area contributed by atoms with Crippen LogP contribution in [0, 0.1) is 0 Å². The maximum Gasteiger partial charge on any atom is 0.0165 e. The largest absolute Gasteiger partial charge is 0.300 e. The van der Waals surface area contributed by atoms with Crippen molar-refractivity contribution in [1.82, 2.24) is 4.90 Å². The molecular formula is C16H31N. The number of allylic oxidation sites excluding steroid dienone is 3. The van der Waals surface area contributed by atoms with Crippen molar-refractivity contribution in [3.63, 3.8) is 0 Å². The van der Waals surface area contributed by atoms with E-state index in [0.29, 0.717) is 0 Å². The van der Waals surface area contributed by atoms with Gasteiger partial charge in [-0.15, -0.1) is 0 Å². The standard InChI is InChI=1S/C16H31N/c1-6-12-17(13-7-2)14-11-16(5)10-8-9-15(3)4/h9,11H,6-8,10,12-14H2,1-5H3/b16-11+. The molecule has 1 heteroatoms. The van der Waals surface area contributed by atoms with Gasteiger partial charge in [-0.1, -0.05) is 37.1 Å². The van der Waals surface area contributed by atoms with Crippen LogP contribution in [0.2, 0.25) is 0 Å². The van der Waals surface area contributed by atoms with E-state index >= 15 is 0 Å². The molecule has 0 rings (SSSR count). The lowest BCUT2D eigenvalue weighted by atomic mass is 10.1. The maximum atomic E-state index is 2.55. The Bertz CT molecular complexity index is 228. The highest BCUT2D eigenvalue weighted by Crippen LogP contribution is 2.07. The molecule has 0 aliphatic carbocycles. The third kappa shape index (κ3) is 10.3. The van der Waals surface area contributed by atoms with E-state index < -0.39 is 0 Å². The van der Waals surface area contributed by atoms with Crippen LogP contribution in [0.4, 0.5) is 0 Å². The van der Waals surface area contributed by atoms with Crippen molar-refractivity contribution < 1.29 is 0 Å². The second kappa shape index (κ2) is 10.6. The lowest BCUT2D eigenvalue weighted by Gasteiger charge is -2.19. The van der Waals surface area contributed by atoms with E-state index in [9.17, 15) is 0 Å². The first-order valence-corrected chi connectivity index (χ1v) is 7.11. The van der Waals surface area contributed by atoms with E-state index in [0.717, 1.165) is 6.54 Å². The average Bonchev–Trinajstić information content (AvgIpc) is 2.26. The maximum absolute atomic E-state index is 2.55. The molecule has 0 aliphatic rings. The lowest BCUT2D eigenvalue weighted by Crippen LogP contribution is -2.25. The number of nitrogens with zero attached hydrogens (tertiary/aromatic N) is 1. The van der Waals surface area contributed by atoms with Gasteiger partial charge in [-0.2, -0.15) is 0 Å². The summed E-state index contributed by atoms with van der Waals surface area (Å²) < 4.78 is 0. The quantitative estimate of drug-likeness (QED) is 0.521. The van der Waals surface area contributed by atoms with Gasteiger partial charge in [-0.05, 0) is 59.5 Å². The van der Waals surface area contributed by atoms with Gasteiger partial charge < -0.3 is 0 Å². The van der Waals surface area contributed by atoms with Crippen LogP contribution in [0.1, 0.15) is 60.3 Å². The molecule has 0 N–H and O–H groups in total. The Kier molecular flexibility index (Phi) is 10.2. The van der Waals surface area contributed by atoms with Crippen molar-refractivity contribution >= 4 is 0 Å². The molecule has 17 heavy (non-hydrogen) atoms. The zero-order valence-corrected chi connectivity index (χ0v) is 12.6. The molecule has 0 atom stereocenters. The molecule has 0 saturated heterocycles. The van der Waals surface area contributed by atoms with Crippen molar-refractivity contribution in [3.05, 3.63) is 23.3 Å². The Labute approximate surface area is 109 Å². The molecular weight excluding hydrogens is 206 g/mol. The molecule has 0 bridgehead atoms. The van der Waals surface area contributed by atoms with Gasteiger partial charge in [0.15, 0.2) is 0 Å². The van der Waals surface area contributed by atoms with Crippen molar-refractivity contribution in [3.8, 4) is 0 Å². The number of hydrogen-bond donors (Lipinski definition) is 0. The summed E-state index contributed by atoms with van der Waals surface area (Å²) in [6.45, 7) is 14.7. The van der Waals surface area contributed by atoms with Gasteiger partial charge >= 0.3 is 0 Å². The molecule has 1 nitrogen and oxygen atoms in total. The fraction of sp³-hybridized carbons (Fsp3) is 0.750. The first-order valence-electron chi connectivity index (χ1n) is 7.11. The predicted molar refractivity (Wildman–Crippen MR) is 79.4 cm³/mol. The van der Waals surface area contributed by atoms with Gasteiger partial charge in [0, 0.05) is 6.54 Å². The Morgan fingerprint density at radius 1 is 0.941 bits per heavy atom. The number of hydrogen-bond acceptors (Lipinski definition) is 1. The van der Waals surface area contributed by atoms with E-state index in [-0.39, 0.29) is 0 Å². The monoisotopic (exact) mass is 237 g/mol. The predicted octanol–water partition coefficient (Wildman–Crippen LogP) is 4.80. The van der Waals surface area contributed by atoms with Gasteiger partial charge in [0.1, 0.15) is 0 Å². The van der Waals surface area contributed by atoms with Crippen molar-refractivity contribution in [2.75, 3.05) is 19.6 Å². The average molecular weight is 237 g/mol. The summed E-state index contributed by atoms with van der Waals surface area (Å²) in [5.74, 6) is 0. The van der Waals surface area contributed by atoms with Gasteiger partial charge in [0.05, 0.1) is 0 Å². The van der Waals surface area contributed by atoms with E-state index in [4.69, 9.17) is 0 Å². The highest BCUT2D eigenvalue weighted by molar-refractivity contribution is 5.03. The van der Waals surface area contributed by atoms with Crippen LogP contribution in [0.5, 0.6) is 0 Å². The van der Waals surface area contributed by atoms with Crippen LogP contribution in [-0.2, 0) is 0 Å². The second-order valence-electron chi connectivity index (χ2n) is 5.17. The molecule has 0 aromatic rings. The highest BCUT2D eigenvalue weighted by Gasteiger charge is 1.99. The Hall–Kier alpha value is -0.560. The summed E-state index contributed by atoms with van der Waals surface area (Å²) >= 11 is 0. The molecule has 100 valence electrons. The van der Waals surface area contributed by atoms with Crippen LogP contribution >= 0.6 is 0 Å². The lowest BCUT2D eigenvalue weighted by molar-refractivity contribution is 0.303. The fourth-order valence-corrected chi connectivity index (χ4v) is 1.90. The summed E-state index contributed by atoms with van der Waals surface area (Å²) in [4.78, 5) is 2.55. The normalized spacial score (nSPS) is 12.0. The van der Waals surface area contributed by atoms with Gasteiger partial charge in [-0.25, -0.2) is 0 Å². The molecule has 0 radical (unpaired) electrons. The molecule has 0 fully saturated rings. The summed E-state index contributed by atoms with van der Waals surface area (Å²) in [5.41, 5.74) is 2.95. The molecule has 0 unspecified atom stereocenters. The molecule has 0 aliphatic heterocycles. The minimum atomic E-state index is 1.13. The zero-order valence-electron chi connectivity index (χ0n) is 12.6. The summed E-state index contributed by atoms with van der Waals surface area (Å²) in [7, 11) is 0. The summed E-state index contributed by atoms with van der Waals surface area (Å²) in [6.07, 6.45) is 9.64. The van der Waals surface area contributed by atoms with Gasteiger partial charge in [0.25, 0.3) is 0 Å².